The maximum absolute atomic E-state index is 5.44. The van der Waals surface area contributed by atoms with E-state index < -0.39 is 0 Å². The average Bonchev–Trinajstić information content (AvgIpc) is 2.41. The number of hydrogen-bond acceptors (Lipinski definition) is 3. The molecule has 0 atom stereocenters. The molecule has 0 unspecified atom stereocenters. The number of methoxy groups -OCH3 is 1. The number of ether oxygens (including phenoxy) is 2. The highest BCUT2D eigenvalue weighted by molar-refractivity contribution is 5.28. The van der Waals surface area contributed by atoms with Gasteiger partial charge in [-0.05, 0) is 44.0 Å². The molecule has 1 aliphatic rings. The van der Waals surface area contributed by atoms with E-state index in [0.29, 0.717) is 0 Å². The number of nitrogens with one attached hydrogen (secondary N) is 1. The number of hydrogen-bond donors (Lipinski definition) is 1. The van der Waals surface area contributed by atoms with E-state index in [1.54, 1.807) is 7.11 Å². The van der Waals surface area contributed by atoms with Crippen LogP contribution >= 0.6 is 0 Å². The first-order valence-electron chi connectivity index (χ1n) is 6.18. The highest BCUT2D eigenvalue weighted by Crippen LogP contribution is 2.25. The van der Waals surface area contributed by atoms with Crippen LogP contribution in [0.1, 0.15) is 18.4 Å². The number of likely N-dealkylation sites (N-methyl/N-ethyl adjacent to an activating group) is 1. The molecule has 0 aromatic heterocycles. The van der Waals surface area contributed by atoms with Crippen molar-refractivity contribution in [3.63, 3.8) is 0 Å². The van der Waals surface area contributed by atoms with Gasteiger partial charge in [0.1, 0.15) is 5.75 Å². The van der Waals surface area contributed by atoms with E-state index >= 15 is 0 Å². The molecular weight excluding hydrogens is 214 g/mol. The Morgan fingerprint density at radius 1 is 1.24 bits per heavy atom. The molecule has 17 heavy (non-hydrogen) atoms. The predicted molar refractivity (Wildman–Crippen MR) is 68.5 cm³/mol. The quantitative estimate of drug-likeness (QED) is 0.866. The standard InChI is InChI=1S/C14H21NO2/c1-15-14(7-9-17-10-8-14)11-12-3-5-13(16-2)6-4-12/h3-6,15H,7-11H2,1-2H3. The molecule has 1 heterocycles. The molecule has 0 bridgehead atoms. The van der Waals surface area contributed by atoms with Crippen molar-refractivity contribution in [3.05, 3.63) is 29.8 Å². The van der Waals surface area contributed by atoms with Crippen molar-refractivity contribution in [1.82, 2.24) is 5.32 Å². The Labute approximate surface area is 103 Å². The van der Waals surface area contributed by atoms with Crippen molar-refractivity contribution >= 4 is 0 Å². The van der Waals surface area contributed by atoms with Gasteiger partial charge in [-0.1, -0.05) is 12.1 Å². The summed E-state index contributed by atoms with van der Waals surface area (Å²) in [6.07, 6.45) is 3.21. The third kappa shape index (κ3) is 2.99. The summed E-state index contributed by atoms with van der Waals surface area (Å²) in [5.41, 5.74) is 1.55. The van der Waals surface area contributed by atoms with E-state index in [4.69, 9.17) is 9.47 Å². The van der Waals surface area contributed by atoms with Gasteiger partial charge in [0, 0.05) is 18.8 Å². The van der Waals surface area contributed by atoms with Gasteiger partial charge in [-0.2, -0.15) is 0 Å². The van der Waals surface area contributed by atoms with Crippen molar-refractivity contribution in [2.24, 2.45) is 0 Å². The molecule has 1 aliphatic heterocycles. The topological polar surface area (TPSA) is 30.5 Å². The minimum Gasteiger partial charge on any atom is -0.497 e. The minimum absolute atomic E-state index is 0.201. The van der Waals surface area contributed by atoms with Gasteiger partial charge in [-0.3, -0.25) is 0 Å². The first kappa shape index (κ1) is 12.4. The molecule has 3 nitrogen and oxygen atoms in total. The van der Waals surface area contributed by atoms with Crippen LogP contribution in [-0.2, 0) is 11.2 Å². The Hall–Kier alpha value is -1.06. The Balaban J connectivity index is 2.06. The molecule has 1 saturated heterocycles. The fourth-order valence-electron chi connectivity index (χ4n) is 2.41. The molecule has 94 valence electrons. The highest BCUT2D eigenvalue weighted by atomic mass is 16.5. The van der Waals surface area contributed by atoms with Gasteiger partial charge in [0.05, 0.1) is 7.11 Å². The summed E-state index contributed by atoms with van der Waals surface area (Å²) in [4.78, 5) is 0. The van der Waals surface area contributed by atoms with Gasteiger partial charge in [-0.15, -0.1) is 0 Å². The van der Waals surface area contributed by atoms with E-state index in [9.17, 15) is 0 Å². The fourth-order valence-corrected chi connectivity index (χ4v) is 2.41. The molecule has 0 amide bonds. The lowest BCUT2D eigenvalue weighted by molar-refractivity contribution is 0.0413. The zero-order chi connectivity index (χ0) is 12.1. The van der Waals surface area contributed by atoms with E-state index in [0.717, 1.165) is 38.2 Å². The maximum atomic E-state index is 5.44. The highest BCUT2D eigenvalue weighted by Gasteiger charge is 2.30. The van der Waals surface area contributed by atoms with E-state index in [2.05, 4.69) is 24.5 Å². The second-order valence-electron chi connectivity index (χ2n) is 4.67. The normalized spacial score (nSPS) is 18.9. The summed E-state index contributed by atoms with van der Waals surface area (Å²) in [5, 5.41) is 3.48. The second kappa shape index (κ2) is 5.52. The van der Waals surface area contributed by atoms with Crippen LogP contribution in [0.4, 0.5) is 0 Å². The van der Waals surface area contributed by atoms with Crippen molar-refractivity contribution in [1.29, 1.82) is 0 Å². The Kier molecular flexibility index (Phi) is 4.02. The molecule has 0 aliphatic carbocycles. The van der Waals surface area contributed by atoms with Crippen molar-refractivity contribution in [3.8, 4) is 5.75 Å². The van der Waals surface area contributed by atoms with Crippen molar-refractivity contribution in [2.45, 2.75) is 24.8 Å². The smallest absolute Gasteiger partial charge is 0.118 e. The van der Waals surface area contributed by atoms with E-state index in [-0.39, 0.29) is 5.54 Å². The summed E-state index contributed by atoms with van der Waals surface area (Å²) < 4.78 is 10.6. The van der Waals surface area contributed by atoms with Crippen LogP contribution < -0.4 is 10.1 Å². The molecule has 0 radical (unpaired) electrons. The number of rotatable bonds is 4. The van der Waals surface area contributed by atoms with Gasteiger partial charge >= 0.3 is 0 Å². The van der Waals surface area contributed by atoms with Gasteiger partial charge in [0.15, 0.2) is 0 Å². The van der Waals surface area contributed by atoms with Crippen LogP contribution in [0.25, 0.3) is 0 Å². The molecule has 1 aromatic rings. The Morgan fingerprint density at radius 3 is 2.41 bits per heavy atom. The van der Waals surface area contributed by atoms with Crippen LogP contribution in [0.5, 0.6) is 5.75 Å². The van der Waals surface area contributed by atoms with Crippen LogP contribution in [0.3, 0.4) is 0 Å². The van der Waals surface area contributed by atoms with E-state index in [1.165, 1.54) is 5.56 Å². The van der Waals surface area contributed by atoms with Crippen molar-refractivity contribution in [2.75, 3.05) is 27.4 Å². The largest absolute Gasteiger partial charge is 0.497 e. The summed E-state index contributed by atoms with van der Waals surface area (Å²) in [6.45, 7) is 1.72. The molecule has 1 N–H and O–H groups in total. The molecule has 0 saturated carbocycles. The first-order chi connectivity index (χ1) is 8.28. The monoisotopic (exact) mass is 235 g/mol. The first-order valence-corrected chi connectivity index (χ1v) is 6.18. The molecule has 3 heteroatoms. The summed E-state index contributed by atoms with van der Waals surface area (Å²) in [7, 11) is 3.75. The SMILES string of the molecule is CNC1(Cc2ccc(OC)cc2)CCOCC1. The van der Waals surface area contributed by atoms with Crippen molar-refractivity contribution < 1.29 is 9.47 Å². The molecule has 1 aromatic carbocycles. The third-order valence-corrected chi connectivity index (χ3v) is 3.68. The summed E-state index contributed by atoms with van der Waals surface area (Å²) in [6, 6.07) is 8.34. The van der Waals surface area contributed by atoms with Crippen LogP contribution in [0, 0.1) is 0 Å². The lowest BCUT2D eigenvalue weighted by Crippen LogP contribution is -2.49. The summed E-state index contributed by atoms with van der Waals surface area (Å²) in [5.74, 6) is 0.916. The second-order valence-corrected chi connectivity index (χ2v) is 4.67. The molecule has 1 fully saturated rings. The van der Waals surface area contributed by atoms with Gasteiger partial charge in [-0.25, -0.2) is 0 Å². The molecule has 2 rings (SSSR count). The Bertz CT molecular complexity index is 342. The lowest BCUT2D eigenvalue weighted by atomic mass is 9.84. The summed E-state index contributed by atoms with van der Waals surface area (Å²) >= 11 is 0. The zero-order valence-corrected chi connectivity index (χ0v) is 10.7. The minimum atomic E-state index is 0.201. The third-order valence-electron chi connectivity index (χ3n) is 3.68. The fraction of sp³-hybridized carbons (Fsp3) is 0.571. The van der Waals surface area contributed by atoms with Crippen LogP contribution in [-0.4, -0.2) is 32.9 Å². The predicted octanol–water partition coefficient (Wildman–Crippen LogP) is 2.01. The molecule has 0 spiro atoms. The molecular formula is C14H21NO2. The van der Waals surface area contributed by atoms with Gasteiger partial charge in [0.2, 0.25) is 0 Å². The average molecular weight is 235 g/mol. The van der Waals surface area contributed by atoms with Crippen LogP contribution in [0.2, 0.25) is 0 Å². The van der Waals surface area contributed by atoms with Gasteiger partial charge in [0.25, 0.3) is 0 Å². The van der Waals surface area contributed by atoms with E-state index in [1.807, 2.05) is 12.1 Å². The Morgan fingerprint density at radius 2 is 1.88 bits per heavy atom. The number of benzene rings is 1. The van der Waals surface area contributed by atoms with Gasteiger partial charge < -0.3 is 14.8 Å². The zero-order valence-electron chi connectivity index (χ0n) is 10.7. The maximum Gasteiger partial charge on any atom is 0.118 e. The van der Waals surface area contributed by atoms with Crippen LogP contribution in [0.15, 0.2) is 24.3 Å². The lowest BCUT2D eigenvalue weighted by Gasteiger charge is -2.37.